The van der Waals surface area contributed by atoms with E-state index in [4.69, 9.17) is 0 Å². The molecule has 0 aliphatic rings. The van der Waals surface area contributed by atoms with Crippen molar-refractivity contribution in [3.63, 3.8) is 0 Å². The molecule has 2 atom stereocenters. The number of nitro benzene ring substituents is 2. The van der Waals surface area contributed by atoms with Crippen LogP contribution in [0.1, 0.15) is 30.6 Å². The molecule has 0 unspecified atom stereocenters. The molecule has 1 aromatic rings. The van der Waals surface area contributed by atoms with E-state index in [0.29, 0.717) is 13.0 Å². The number of nitrogens with one attached hydrogen (secondary N) is 2. The predicted octanol–water partition coefficient (Wildman–Crippen LogP) is 0.508. The maximum absolute atomic E-state index is 12.2. The molecular weight excluding hydrogens is 336 g/mol. The number of benzene rings is 1. The van der Waals surface area contributed by atoms with Gasteiger partial charge in [-0.2, -0.15) is 0 Å². The molecule has 0 saturated heterocycles. The molecule has 0 bridgehead atoms. The second kappa shape index (κ2) is 8.68. The quantitative estimate of drug-likeness (QED) is 0.452. The van der Waals surface area contributed by atoms with Crippen molar-refractivity contribution in [1.29, 1.82) is 0 Å². The fourth-order valence-corrected chi connectivity index (χ4v) is 1.93. The van der Waals surface area contributed by atoms with Gasteiger partial charge in [0, 0.05) is 18.7 Å². The van der Waals surface area contributed by atoms with Crippen LogP contribution in [0, 0.1) is 20.2 Å². The third-order valence-corrected chi connectivity index (χ3v) is 3.19. The van der Waals surface area contributed by atoms with Crippen LogP contribution < -0.4 is 10.6 Å². The molecule has 136 valence electrons. The summed E-state index contributed by atoms with van der Waals surface area (Å²) in [7, 11) is 0. The van der Waals surface area contributed by atoms with Crippen LogP contribution in [0.15, 0.2) is 18.2 Å². The van der Waals surface area contributed by atoms with E-state index in [1.165, 1.54) is 6.92 Å². The first kappa shape index (κ1) is 20.0. The molecule has 0 heterocycles. The third kappa shape index (κ3) is 5.49. The molecule has 25 heavy (non-hydrogen) atoms. The maximum Gasteiger partial charge on any atom is 0.277 e. The molecule has 0 saturated carbocycles. The number of non-ortho nitro benzene ring substituents is 2. The van der Waals surface area contributed by atoms with Crippen LogP contribution in [0.5, 0.6) is 0 Å². The van der Waals surface area contributed by atoms with Crippen molar-refractivity contribution in [3.05, 3.63) is 44.0 Å². The van der Waals surface area contributed by atoms with Crippen LogP contribution in [0.25, 0.3) is 0 Å². The highest BCUT2D eigenvalue weighted by atomic mass is 16.6. The van der Waals surface area contributed by atoms with Gasteiger partial charge >= 0.3 is 0 Å². The molecule has 0 aromatic heterocycles. The normalized spacial score (nSPS) is 12.8. The number of hydrogen-bond acceptors (Lipinski definition) is 7. The van der Waals surface area contributed by atoms with E-state index in [1.54, 1.807) is 0 Å². The van der Waals surface area contributed by atoms with Crippen molar-refractivity contribution in [1.82, 2.24) is 10.6 Å². The largest absolute Gasteiger partial charge is 0.391 e. The summed E-state index contributed by atoms with van der Waals surface area (Å²) in [6.45, 7) is 3.44. The Balaban J connectivity index is 3.10. The Morgan fingerprint density at radius 2 is 1.68 bits per heavy atom. The van der Waals surface area contributed by atoms with Crippen molar-refractivity contribution in [2.45, 2.75) is 32.4 Å². The number of aliphatic hydroxyl groups is 1. The summed E-state index contributed by atoms with van der Waals surface area (Å²) in [6.07, 6.45) is -0.599. The highest BCUT2D eigenvalue weighted by molar-refractivity contribution is 5.98. The molecule has 0 aliphatic heterocycles. The summed E-state index contributed by atoms with van der Waals surface area (Å²) in [4.78, 5) is 44.2. The second-order valence-corrected chi connectivity index (χ2v) is 5.24. The number of amides is 2. The van der Waals surface area contributed by atoms with Gasteiger partial charge in [0.2, 0.25) is 5.91 Å². The van der Waals surface area contributed by atoms with Crippen molar-refractivity contribution < 1.29 is 24.5 Å². The van der Waals surface area contributed by atoms with Gasteiger partial charge in [-0.3, -0.25) is 29.8 Å². The lowest BCUT2D eigenvalue weighted by atomic mass is 10.1. The standard InChI is InChI=1S/C14H18N4O7/c1-3-4-15-14(21)12(8(2)19)16-13(20)9-5-10(17(22)23)7-11(6-9)18(24)25/h5-8,12,19H,3-4H2,1-2H3,(H,15,21)(H,16,20)/t8-,12+/m1/s1. The lowest BCUT2D eigenvalue weighted by Crippen LogP contribution is -2.52. The van der Waals surface area contributed by atoms with Gasteiger partial charge in [-0.05, 0) is 13.3 Å². The predicted molar refractivity (Wildman–Crippen MR) is 86.0 cm³/mol. The van der Waals surface area contributed by atoms with Crippen molar-refractivity contribution in [2.75, 3.05) is 6.54 Å². The number of nitro groups is 2. The number of rotatable bonds is 8. The second-order valence-electron chi connectivity index (χ2n) is 5.24. The Morgan fingerprint density at radius 1 is 1.16 bits per heavy atom. The molecule has 0 spiro atoms. The van der Waals surface area contributed by atoms with E-state index in [1.807, 2.05) is 6.92 Å². The number of nitrogens with zero attached hydrogens (tertiary/aromatic N) is 2. The Kier molecular flexibility index (Phi) is 6.93. The van der Waals surface area contributed by atoms with Gasteiger partial charge in [0.1, 0.15) is 6.04 Å². The summed E-state index contributed by atoms with van der Waals surface area (Å²) in [6, 6.07) is 1.12. The van der Waals surface area contributed by atoms with Crippen LogP contribution in [-0.4, -0.2) is 45.5 Å². The van der Waals surface area contributed by atoms with Gasteiger partial charge in [0.15, 0.2) is 0 Å². The number of carbonyl (C=O) groups excluding carboxylic acids is 2. The molecule has 2 amide bonds. The van der Waals surface area contributed by atoms with Crippen LogP contribution in [0.2, 0.25) is 0 Å². The average Bonchev–Trinajstić information content (AvgIpc) is 2.56. The van der Waals surface area contributed by atoms with Crippen molar-refractivity contribution >= 4 is 23.2 Å². The fourth-order valence-electron chi connectivity index (χ4n) is 1.93. The van der Waals surface area contributed by atoms with E-state index < -0.39 is 45.2 Å². The number of carbonyl (C=O) groups is 2. The lowest BCUT2D eigenvalue weighted by Gasteiger charge is -2.20. The van der Waals surface area contributed by atoms with Gasteiger partial charge in [-0.15, -0.1) is 0 Å². The molecule has 0 fully saturated rings. The van der Waals surface area contributed by atoms with Gasteiger partial charge in [-0.1, -0.05) is 6.92 Å². The van der Waals surface area contributed by atoms with Gasteiger partial charge in [0.25, 0.3) is 17.3 Å². The summed E-state index contributed by atoms with van der Waals surface area (Å²) < 4.78 is 0. The number of hydrogen-bond donors (Lipinski definition) is 3. The minimum absolute atomic E-state index is 0.334. The Bertz CT molecular complexity index is 658. The van der Waals surface area contributed by atoms with Crippen LogP contribution in [0.4, 0.5) is 11.4 Å². The van der Waals surface area contributed by atoms with Crippen LogP contribution in [0.3, 0.4) is 0 Å². The zero-order valence-corrected chi connectivity index (χ0v) is 13.6. The monoisotopic (exact) mass is 354 g/mol. The van der Waals surface area contributed by atoms with E-state index >= 15 is 0 Å². The van der Waals surface area contributed by atoms with Crippen molar-refractivity contribution in [2.24, 2.45) is 0 Å². The van der Waals surface area contributed by atoms with Gasteiger partial charge in [0.05, 0.1) is 27.6 Å². The molecule has 1 rings (SSSR count). The van der Waals surface area contributed by atoms with E-state index in [2.05, 4.69) is 10.6 Å². The van der Waals surface area contributed by atoms with E-state index in [-0.39, 0.29) is 5.56 Å². The molecule has 0 radical (unpaired) electrons. The smallest absolute Gasteiger partial charge is 0.277 e. The summed E-state index contributed by atoms with van der Waals surface area (Å²) in [5, 5.41) is 36.1. The molecule has 3 N–H and O–H groups in total. The van der Waals surface area contributed by atoms with E-state index in [9.17, 15) is 34.9 Å². The molecule has 0 aliphatic carbocycles. The van der Waals surface area contributed by atoms with Crippen LogP contribution >= 0.6 is 0 Å². The topological polar surface area (TPSA) is 165 Å². The van der Waals surface area contributed by atoms with Crippen molar-refractivity contribution in [3.8, 4) is 0 Å². The summed E-state index contributed by atoms with van der Waals surface area (Å²) >= 11 is 0. The summed E-state index contributed by atoms with van der Waals surface area (Å²) in [5.41, 5.74) is -1.64. The minimum atomic E-state index is -1.31. The zero-order chi connectivity index (χ0) is 19.1. The highest BCUT2D eigenvalue weighted by Crippen LogP contribution is 2.22. The lowest BCUT2D eigenvalue weighted by molar-refractivity contribution is -0.394. The Morgan fingerprint density at radius 3 is 2.08 bits per heavy atom. The molecule has 1 aromatic carbocycles. The minimum Gasteiger partial charge on any atom is -0.391 e. The number of aliphatic hydroxyl groups excluding tert-OH is 1. The Labute approximate surface area is 142 Å². The molecule has 11 nitrogen and oxygen atoms in total. The van der Waals surface area contributed by atoms with Gasteiger partial charge in [-0.25, -0.2) is 0 Å². The van der Waals surface area contributed by atoms with E-state index in [0.717, 1.165) is 18.2 Å². The SMILES string of the molecule is CCCNC(=O)[C@@H](NC(=O)c1cc([N+](=O)[O-])cc([N+](=O)[O-])c1)[C@@H](C)O. The van der Waals surface area contributed by atoms with Crippen LogP contribution in [-0.2, 0) is 4.79 Å². The Hall–Kier alpha value is -3.08. The highest BCUT2D eigenvalue weighted by Gasteiger charge is 2.27. The molecular formula is C14H18N4O7. The fraction of sp³-hybridized carbons (Fsp3) is 0.429. The third-order valence-electron chi connectivity index (χ3n) is 3.19. The average molecular weight is 354 g/mol. The maximum atomic E-state index is 12.2. The van der Waals surface area contributed by atoms with Gasteiger partial charge < -0.3 is 15.7 Å². The first-order valence-corrected chi connectivity index (χ1v) is 7.37. The molecule has 11 heteroatoms. The zero-order valence-electron chi connectivity index (χ0n) is 13.6. The first-order valence-electron chi connectivity index (χ1n) is 7.37. The first-order chi connectivity index (χ1) is 11.7. The summed E-state index contributed by atoms with van der Waals surface area (Å²) in [5.74, 6) is -1.59.